The van der Waals surface area contributed by atoms with E-state index in [0.717, 1.165) is 0 Å². The van der Waals surface area contributed by atoms with Crippen molar-refractivity contribution in [1.82, 2.24) is 5.34 Å². The summed E-state index contributed by atoms with van der Waals surface area (Å²) in [6.45, 7) is 4.26. The van der Waals surface area contributed by atoms with E-state index in [2.05, 4.69) is 13.8 Å². The van der Waals surface area contributed by atoms with Crippen molar-refractivity contribution >= 4 is 0 Å². The lowest BCUT2D eigenvalue weighted by Crippen LogP contribution is -2.73. The van der Waals surface area contributed by atoms with Crippen LogP contribution >= 0.6 is 0 Å². The van der Waals surface area contributed by atoms with Gasteiger partial charge in [-0.1, -0.05) is 13.8 Å². The Balaban J connectivity index is 1.99. The van der Waals surface area contributed by atoms with Crippen LogP contribution in [0.15, 0.2) is 0 Å². The van der Waals surface area contributed by atoms with E-state index in [4.69, 9.17) is 0 Å². The van der Waals surface area contributed by atoms with E-state index >= 15 is 0 Å². The molecule has 64 valence electrons. The van der Waals surface area contributed by atoms with E-state index in [9.17, 15) is 8.96 Å². The smallest absolute Gasteiger partial charge is 0.0855 e. The Morgan fingerprint density at radius 2 is 1.64 bits per heavy atom. The molecule has 2 bridgehead atoms. The van der Waals surface area contributed by atoms with Crippen LogP contribution < -0.4 is 0 Å². The van der Waals surface area contributed by atoms with Gasteiger partial charge >= 0.3 is 0 Å². The minimum absolute atomic E-state index is 0.288. The van der Waals surface area contributed by atoms with E-state index in [1.807, 2.05) is 0 Å². The second-order valence-electron chi connectivity index (χ2n) is 4.50. The number of hydrogen-bond acceptors (Lipinski definition) is 1. The Kier molecular flexibility index (Phi) is 1.20. The Hall–Kier alpha value is -0.180. The van der Waals surface area contributed by atoms with Crippen molar-refractivity contribution in [2.45, 2.75) is 38.6 Å². The van der Waals surface area contributed by atoms with Gasteiger partial charge in [-0.25, -0.2) is 0 Å². The van der Waals surface area contributed by atoms with Crippen molar-refractivity contribution in [3.05, 3.63) is 0 Å². The van der Waals surface area contributed by atoms with E-state index in [-0.39, 0.29) is 5.41 Å². The molecule has 0 saturated heterocycles. The molecule has 0 aromatic heterocycles. The zero-order chi connectivity index (χ0) is 8.28. The highest BCUT2D eigenvalue weighted by Gasteiger charge is 2.72. The summed E-state index contributed by atoms with van der Waals surface area (Å²) in [6, 6.07) is 0. The molecule has 0 heterocycles. The van der Waals surface area contributed by atoms with E-state index < -0.39 is 10.9 Å². The van der Waals surface area contributed by atoms with E-state index in [1.54, 1.807) is 0 Å². The Bertz CT molecular complexity index is 151. The molecular weight excluding hydrogens is 148 g/mol. The fourth-order valence-electron chi connectivity index (χ4n) is 2.60. The highest BCUT2D eigenvalue weighted by atomic mass is 19.4. The highest BCUT2D eigenvalue weighted by molar-refractivity contribution is 5.22. The second-order valence-corrected chi connectivity index (χ2v) is 4.50. The third-order valence-corrected chi connectivity index (χ3v) is 3.63. The van der Waals surface area contributed by atoms with Crippen LogP contribution in [-0.2, 0) is 0 Å². The Morgan fingerprint density at radius 3 is 1.91 bits per heavy atom. The van der Waals surface area contributed by atoms with Crippen LogP contribution in [0.1, 0.15) is 33.1 Å². The summed E-state index contributed by atoms with van der Waals surface area (Å²) < 4.78 is 24.3. The van der Waals surface area contributed by atoms with Crippen LogP contribution in [0.3, 0.4) is 0 Å². The zero-order valence-corrected chi connectivity index (χ0v) is 6.90. The molecule has 0 aromatic carbocycles. The predicted molar refractivity (Wildman–Crippen MR) is 37.9 cm³/mol. The lowest BCUT2D eigenvalue weighted by atomic mass is 9.36. The number of halogens is 2. The molecule has 3 rings (SSSR count). The summed E-state index contributed by atoms with van der Waals surface area (Å²) in [5.41, 5.74) is -0.402. The molecule has 3 fully saturated rings. The summed E-state index contributed by atoms with van der Waals surface area (Å²) in [6.07, 6.45) is 2.14. The number of rotatable bonds is 2. The first-order chi connectivity index (χ1) is 5.01. The largest absolute Gasteiger partial charge is 0.101 e. The molecule has 0 atom stereocenters. The van der Waals surface area contributed by atoms with Gasteiger partial charge in [0.15, 0.2) is 0 Å². The lowest BCUT2D eigenvalue weighted by molar-refractivity contribution is -0.362. The molecule has 0 unspecified atom stereocenters. The first-order valence-electron chi connectivity index (χ1n) is 4.13. The van der Waals surface area contributed by atoms with Crippen molar-refractivity contribution < 1.29 is 8.96 Å². The van der Waals surface area contributed by atoms with Crippen LogP contribution in [0.5, 0.6) is 0 Å². The molecule has 0 amide bonds. The standard InChI is InChI=1S/C8H13F2N/c1-6(2)7-3-8(4-7,5-7)11(9)10/h6H,3-5H2,1-2H3. The van der Waals surface area contributed by atoms with Crippen LogP contribution in [0, 0.1) is 11.3 Å². The van der Waals surface area contributed by atoms with Gasteiger partial charge in [-0.05, 0) is 30.6 Å². The molecule has 3 aliphatic carbocycles. The second kappa shape index (κ2) is 1.76. The van der Waals surface area contributed by atoms with E-state index in [0.29, 0.717) is 25.2 Å². The van der Waals surface area contributed by atoms with Crippen LogP contribution in [0.4, 0.5) is 8.96 Å². The van der Waals surface area contributed by atoms with Gasteiger partial charge in [-0.3, -0.25) is 0 Å². The van der Waals surface area contributed by atoms with Crippen molar-refractivity contribution in [3.8, 4) is 0 Å². The average Bonchev–Trinajstić information content (AvgIpc) is 1.51. The molecular formula is C8H13F2N. The summed E-state index contributed by atoms with van der Waals surface area (Å²) >= 11 is 0. The maximum atomic E-state index is 12.2. The van der Waals surface area contributed by atoms with Gasteiger partial charge in [0, 0.05) is 5.34 Å². The van der Waals surface area contributed by atoms with Crippen molar-refractivity contribution in [2.24, 2.45) is 11.3 Å². The zero-order valence-electron chi connectivity index (χ0n) is 6.90. The summed E-state index contributed by atoms with van der Waals surface area (Å²) in [4.78, 5) is 0. The lowest BCUT2D eigenvalue weighted by Gasteiger charge is -2.71. The van der Waals surface area contributed by atoms with Gasteiger partial charge in [0.05, 0.1) is 5.54 Å². The molecule has 0 radical (unpaired) electrons. The Labute approximate surface area is 65.2 Å². The molecule has 0 aromatic rings. The van der Waals surface area contributed by atoms with Crippen LogP contribution in [-0.4, -0.2) is 10.9 Å². The van der Waals surface area contributed by atoms with Gasteiger partial charge in [-0.2, -0.15) is 0 Å². The third kappa shape index (κ3) is 0.675. The SMILES string of the molecule is CC(C)C12CC(N(F)F)(C1)C2. The highest BCUT2D eigenvalue weighted by Crippen LogP contribution is 2.73. The van der Waals surface area contributed by atoms with Crippen molar-refractivity contribution in [3.63, 3.8) is 0 Å². The quantitative estimate of drug-likeness (QED) is 0.563. The molecule has 0 spiro atoms. The summed E-state index contributed by atoms with van der Waals surface area (Å²) in [7, 11) is 0. The minimum Gasteiger partial charge on any atom is -0.101 e. The van der Waals surface area contributed by atoms with Gasteiger partial charge in [-0.15, -0.1) is 8.96 Å². The monoisotopic (exact) mass is 161 g/mol. The van der Waals surface area contributed by atoms with Crippen molar-refractivity contribution in [2.75, 3.05) is 0 Å². The summed E-state index contributed by atoms with van der Waals surface area (Å²) in [5, 5.41) is -0.572. The van der Waals surface area contributed by atoms with Gasteiger partial charge in [0.2, 0.25) is 0 Å². The van der Waals surface area contributed by atoms with E-state index in [1.165, 1.54) is 0 Å². The fraction of sp³-hybridized carbons (Fsp3) is 1.00. The Morgan fingerprint density at radius 1 is 1.18 bits per heavy atom. The minimum atomic E-state index is -0.690. The normalized spacial score (nSPS) is 47.5. The molecule has 11 heavy (non-hydrogen) atoms. The maximum Gasteiger partial charge on any atom is 0.0855 e. The van der Waals surface area contributed by atoms with Gasteiger partial charge < -0.3 is 0 Å². The van der Waals surface area contributed by atoms with Crippen LogP contribution in [0.25, 0.3) is 0 Å². The maximum absolute atomic E-state index is 12.2. The first-order valence-corrected chi connectivity index (χ1v) is 4.13. The van der Waals surface area contributed by atoms with Crippen LogP contribution in [0.2, 0.25) is 0 Å². The third-order valence-electron chi connectivity index (χ3n) is 3.63. The molecule has 3 heteroatoms. The fourth-order valence-corrected chi connectivity index (χ4v) is 2.60. The first kappa shape index (κ1) is 7.47. The average molecular weight is 161 g/mol. The van der Waals surface area contributed by atoms with Gasteiger partial charge in [0.25, 0.3) is 0 Å². The van der Waals surface area contributed by atoms with Gasteiger partial charge in [0.1, 0.15) is 0 Å². The molecule has 3 saturated carbocycles. The molecule has 0 aliphatic heterocycles. The number of nitrogens with zero attached hydrogens (tertiary/aromatic N) is 1. The predicted octanol–water partition coefficient (Wildman–Crippen LogP) is 2.64. The molecule has 3 aliphatic rings. The topological polar surface area (TPSA) is 3.24 Å². The number of hydrogen-bond donors (Lipinski definition) is 0. The molecule has 1 nitrogen and oxygen atoms in total. The summed E-state index contributed by atoms with van der Waals surface area (Å²) in [5.74, 6) is 0.573. The molecule has 0 N–H and O–H groups in total. The van der Waals surface area contributed by atoms with Crippen molar-refractivity contribution in [1.29, 1.82) is 0 Å².